The van der Waals surface area contributed by atoms with E-state index in [4.69, 9.17) is 9.47 Å². The number of methoxy groups -OCH3 is 2. The van der Waals surface area contributed by atoms with Gasteiger partial charge in [-0.3, -0.25) is 34.2 Å². The summed E-state index contributed by atoms with van der Waals surface area (Å²) in [6, 6.07) is 14.4. The van der Waals surface area contributed by atoms with E-state index in [-0.39, 0.29) is 6.54 Å². The molecule has 0 aromatic carbocycles. The average Bonchev–Trinajstić information content (AvgIpc) is 2.89. The van der Waals surface area contributed by atoms with Gasteiger partial charge in [-0.2, -0.15) is 0 Å². The van der Waals surface area contributed by atoms with Gasteiger partial charge < -0.3 is 9.47 Å². The summed E-state index contributed by atoms with van der Waals surface area (Å²) in [5.74, 6) is -4.69. The van der Waals surface area contributed by atoms with Crippen molar-refractivity contribution in [1.29, 1.82) is 0 Å². The maximum absolute atomic E-state index is 13.8. The van der Waals surface area contributed by atoms with E-state index in [2.05, 4.69) is 15.0 Å². The zero-order chi connectivity index (χ0) is 24.1. The molecule has 174 valence electrons. The Morgan fingerprint density at radius 3 is 1.62 bits per heavy atom. The van der Waals surface area contributed by atoms with Gasteiger partial charge in [-0.25, -0.2) is 0 Å². The van der Waals surface area contributed by atoms with Gasteiger partial charge in [0, 0.05) is 25.1 Å². The van der Waals surface area contributed by atoms with Crippen LogP contribution >= 0.6 is 0 Å². The predicted molar refractivity (Wildman–Crippen MR) is 120 cm³/mol. The molecule has 0 amide bonds. The molecule has 1 fully saturated rings. The Morgan fingerprint density at radius 1 is 0.765 bits per heavy atom. The minimum Gasteiger partial charge on any atom is -0.468 e. The minimum atomic E-state index is -1.30. The second kappa shape index (κ2) is 10.3. The zero-order valence-electron chi connectivity index (χ0n) is 18.8. The van der Waals surface area contributed by atoms with E-state index in [1.165, 1.54) is 14.2 Å². The number of rotatable bonds is 6. The third kappa shape index (κ3) is 4.42. The molecule has 0 bridgehead atoms. The van der Waals surface area contributed by atoms with E-state index < -0.39 is 41.6 Å². The normalized spacial score (nSPS) is 22.7. The number of ether oxygens (including phenoxy) is 2. The fraction of sp³-hybridized carbons (Fsp3) is 0.280. The molecule has 0 N–H and O–H groups in total. The fourth-order valence-corrected chi connectivity index (χ4v) is 4.46. The number of nitrogens with zero attached hydrogens (tertiary/aromatic N) is 4. The van der Waals surface area contributed by atoms with Crippen LogP contribution in [0.4, 0.5) is 0 Å². The van der Waals surface area contributed by atoms with Crippen LogP contribution < -0.4 is 0 Å². The number of hydrogen-bond donors (Lipinski definition) is 0. The van der Waals surface area contributed by atoms with Crippen LogP contribution in [-0.2, 0) is 30.4 Å². The number of pyridine rings is 3. The molecule has 0 radical (unpaired) electrons. The molecular weight excluding hydrogens is 436 g/mol. The molecule has 1 saturated heterocycles. The van der Waals surface area contributed by atoms with Crippen LogP contribution in [-0.4, -0.2) is 51.8 Å². The maximum atomic E-state index is 13.8. The zero-order valence-corrected chi connectivity index (χ0v) is 18.8. The first-order valence-electron chi connectivity index (χ1n) is 10.7. The van der Waals surface area contributed by atoms with Gasteiger partial charge in [0.1, 0.15) is 11.8 Å². The highest BCUT2D eigenvalue weighted by Gasteiger charge is 2.56. The first-order chi connectivity index (χ1) is 16.6. The Labute approximate surface area is 196 Å². The van der Waals surface area contributed by atoms with Crippen molar-refractivity contribution in [2.24, 2.45) is 11.8 Å². The second-order valence-electron chi connectivity index (χ2n) is 7.80. The summed E-state index contributed by atoms with van der Waals surface area (Å²) in [6.07, 6.45) is 4.84. The number of likely N-dealkylation sites (tertiary alicyclic amines) is 1. The van der Waals surface area contributed by atoms with E-state index in [1.807, 2.05) is 17.0 Å². The number of carbonyl (C=O) groups excluding carboxylic acids is 3. The van der Waals surface area contributed by atoms with Gasteiger partial charge in [0.05, 0.1) is 43.4 Å². The van der Waals surface area contributed by atoms with Crippen LogP contribution in [0.5, 0.6) is 0 Å². The molecule has 4 atom stereocenters. The van der Waals surface area contributed by atoms with Gasteiger partial charge in [-0.05, 0) is 36.4 Å². The van der Waals surface area contributed by atoms with Crippen molar-refractivity contribution in [3.8, 4) is 0 Å². The van der Waals surface area contributed by atoms with E-state index in [9.17, 15) is 14.4 Å². The van der Waals surface area contributed by atoms with E-state index >= 15 is 0 Å². The Kier molecular flexibility index (Phi) is 7.03. The summed E-state index contributed by atoms with van der Waals surface area (Å²) < 4.78 is 10.0. The Hall–Kier alpha value is -3.98. The number of Topliss-reactive ketones (excluding diaryl/α,β-unsaturated/α-hetero) is 1. The molecule has 4 unspecified atom stereocenters. The van der Waals surface area contributed by atoms with Crippen LogP contribution in [0.25, 0.3) is 0 Å². The van der Waals surface area contributed by atoms with Gasteiger partial charge >= 0.3 is 11.9 Å². The molecule has 4 heterocycles. The quantitative estimate of drug-likeness (QED) is 0.404. The average molecular weight is 460 g/mol. The van der Waals surface area contributed by atoms with E-state index in [1.54, 1.807) is 61.1 Å². The minimum absolute atomic E-state index is 0.220. The van der Waals surface area contributed by atoms with Gasteiger partial charge in [0.15, 0.2) is 5.78 Å². The number of esters is 2. The molecule has 34 heavy (non-hydrogen) atoms. The summed E-state index contributed by atoms with van der Waals surface area (Å²) in [5, 5.41) is 0. The number of hydrogen-bond acceptors (Lipinski definition) is 9. The molecule has 0 spiro atoms. The first-order valence-corrected chi connectivity index (χ1v) is 10.7. The molecule has 1 aliphatic rings. The molecule has 3 aromatic heterocycles. The predicted octanol–water partition coefficient (Wildman–Crippen LogP) is 2.32. The highest BCUT2D eigenvalue weighted by Crippen LogP contribution is 2.47. The highest BCUT2D eigenvalue weighted by atomic mass is 16.5. The van der Waals surface area contributed by atoms with Gasteiger partial charge in [0.25, 0.3) is 0 Å². The number of ketones is 1. The van der Waals surface area contributed by atoms with Crippen molar-refractivity contribution in [1.82, 2.24) is 19.9 Å². The number of aromatic nitrogens is 3. The highest BCUT2D eigenvalue weighted by molar-refractivity contribution is 6.10. The van der Waals surface area contributed by atoms with E-state index in [0.29, 0.717) is 17.1 Å². The van der Waals surface area contributed by atoms with Gasteiger partial charge in [-0.1, -0.05) is 18.2 Å². The monoisotopic (exact) mass is 460 g/mol. The van der Waals surface area contributed by atoms with Crippen LogP contribution in [0.15, 0.2) is 73.2 Å². The lowest BCUT2D eigenvalue weighted by atomic mass is 9.74. The lowest BCUT2D eigenvalue weighted by molar-refractivity contribution is -0.169. The Morgan fingerprint density at radius 2 is 1.24 bits per heavy atom. The molecule has 9 nitrogen and oxygen atoms in total. The van der Waals surface area contributed by atoms with Crippen LogP contribution in [0.1, 0.15) is 29.2 Å². The molecular formula is C25H24N4O5. The standard InChI is InChI=1S/C25H24N4O5/c1-33-24(31)19-21(17-10-4-7-13-27-17)29(15-16-9-3-6-12-26-16)22(18-11-5-8-14-28-18)20(23(19)30)25(32)34-2/h3-14,19-22H,15H2,1-2H3. The Balaban J connectivity index is 1.96. The summed E-state index contributed by atoms with van der Waals surface area (Å²) in [5.41, 5.74) is 1.67. The van der Waals surface area contributed by atoms with Crippen molar-refractivity contribution in [3.63, 3.8) is 0 Å². The second-order valence-corrected chi connectivity index (χ2v) is 7.80. The third-order valence-electron chi connectivity index (χ3n) is 5.92. The van der Waals surface area contributed by atoms with Crippen LogP contribution in [0.2, 0.25) is 0 Å². The van der Waals surface area contributed by atoms with Crippen LogP contribution in [0, 0.1) is 11.8 Å². The summed E-state index contributed by atoms with van der Waals surface area (Å²) in [7, 11) is 2.43. The molecule has 4 rings (SSSR count). The first kappa shape index (κ1) is 23.2. The van der Waals surface area contributed by atoms with Crippen molar-refractivity contribution in [3.05, 3.63) is 90.3 Å². The Bertz CT molecular complexity index is 1070. The molecule has 0 saturated carbocycles. The summed E-state index contributed by atoms with van der Waals surface area (Å²) in [4.78, 5) is 55.0. The molecule has 9 heteroatoms. The maximum Gasteiger partial charge on any atom is 0.318 e. The fourth-order valence-electron chi connectivity index (χ4n) is 4.46. The topological polar surface area (TPSA) is 112 Å². The SMILES string of the molecule is COC(=O)C1C(=O)C(C(=O)OC)C(c2ccccn2)N(Cc2ccccn2)C1c1ccccn1. The lowest BCUT2D eigenvalue weighted by Gasteiger charge is -2.46. The van der Waals surface area contributed by atoms with Crippen molar-refractivity contribution < 1.29 is 23.9 Å². The van der Waals surface area contributed by atoms with Gasteiger partial charge in [-0.15, -0.1) is 0 Å². The summed E-state index contributed by atoms with van der Waals surface area (Å²) in [6.45, 7) is 0.220. The van der Waals surface area contributed by atoms with Crippen LogP contribution in [0.3, 0.4) is 0 Å². The smallest absolute Gasteiger partial charge is 0.318 e. The summed E-state index contributed by atoms with van der Waals surface area (Å²) >= 11 is 0. The largest absolute Gasteiger partial charge is 0.468 e. The van der Waals surface area contributed by atoms with Crippen molar-refractivity contribution >= 4 is 17.7 Å². The molecule has 3 aromatic rings. The molecule has 1 aliphatic heterocycles. The van der Waals surface area contributed by atoms with Crippen molar-refractivity contribution in [2.75, 3.05) is 14.2 Å². The van der Waals surface area contributed by atoms with Crippen molar-refractivity contribution in [2.45, 2.75) is 18.6 Å². The van der Waals surface area contributed by atoms with Gasteiger partial charge in [0.2, 0.25) is 0 Å². The van der Waals surface area contributed by atoms with E-state index in [0.717, 1.165) is 0 Å². The number of piperidine rings is 1. The number of carbonyl (C=O) groups is 3. The molecule has 0 aliphatic carbocycles. The third-order valence-corrected chi connectivity index (χ3v) is 5.92. The lowest BCUT2D eigenvalue weighted by Crippen LogP contribution is -2.55.